The fourth-order valence-corrected chi connectivity index (χ4v) is 1.89. The lowest BCUT2D eigenvalue weighted by molar-refractivity contribution is -0.144. The van der Waals surface area contributed by atoms with Crippen LogP contribution in [0.5, 0.6) is 0 Å². The molecule has 3 nitrogen and oxygen atoms in total. The number of carbonyl (C=O) groups is 1. The van der Waals surface area contributed by atoms with Gasteiger partial charge in [-0.2, -0.15) is 0 Å². The Morgan fingerprint density at radius 1 is 1.40 bits per heavy atom. The number of rotatable bonds is 6. The maximum Gasteiger partial charge on any atom is 0.323 e. The van der Waals surface area contributed by atoms with Gasteiger partial charge >= 0.3 is 5.97 Å². The Kier molecular flexibility index (Phi) is 4.58. The Balaban J connectivity index is 2.38. The zero-order chi connectivity index (χ0) is 11.4. The molecule has 2 unspecified atom stereocenters. The predicted octanol–water partition coefficient (Wildman–Crippen LogP) is 1.96. The van der Waals surface area contributed by atoms with E-state index in [0.717, 1.165) is 5.92 Å². The molecule has 0 aromatic carbocycles. The molecule has 0 saturated heterocycles. The van der Waals surface area contributed by atoms with Gasteiger partial charge in [-0.1, -0.05) is 26.7 Å². The van der Waals surface area contributed by atoms with E-state index >= 15 is 0 Å². The molecular weight excluding hydrogens is 190 g/mol. The zero-order valence-electron chi connectivity index (χ0n) is 10.2. The maximum absolute atomic E-state index is 11.5. The SMILES string of the molecule is COC(=O)C(NC(C)CC1CC1)C(C)C. The number of methoxy groups -OCH3 is 1. The molecule has 0 spiro atoms. The van der Waals surface area contributed by atoms with Gasteiger partial charge in [0, 0.05) is 6.04 Å². The summed E-state index contributed by atoms with van der Waals surface area (Å²) in [4.78, 5) is 11.5. The Labute approximate surface area is 92.6 Å². The van der Waals surface area contributed by atoms with E-state index in [0.29, 0.717) is 6.04 Å². The van der Waals surface area contributed by atoms with E-state index in [9.17, 15) is 4.79 Å². The zero-order valence-corrected chi connectivity index (χ0v) is 10.2. The third-order valence-corrected chi connectivity index (χ3v) is 2.97. The molecule has 1 aliphatic rings. The molecule has 0 aliphatic heterocycles. The quantitative estimate of drug-likeness (QED) is 0.685. The van der Waals surface area contributed by atoms with E-state index in [1.807, 2.05) is 13.8 Å². The largest absolute Gasteiger partial charge is 0.468 e. The van der Waals surface area contributed by atoms with E-state index in [2.05, 4.69) is 12.2 Å². The molecule has 1 N–H and O–H groups in total. The molecule has 1 fully saturated rings. The molecule has 0 radical (unpaired) electrons. The van der Waals surface area contributed by atoms with Crippen molar-refractivity contribution in [1.29, 1.82) is 0 Å². The minimum absolute atomic E-state index is 0.146. The summed E-state index contributed by atoms with van der Waals surface area (Å²) in [5.74, 6) is 1.02. The molecule has 1 saturated carbocycles. The second kappa shape index (κ2) is 5.50. The van der Waals surface area contributed by atoms with Crippen molar-refractivity contribution >= 4 is 5.97 Å². The van der Waals surface area contributed by atoms with E-state index in [4.69, 9.17) is 4.74 Å². The van der Waals surface area contributed by atoms with E-state index in [1.165, 1.54) is 26.4 Å². The maximum atomic E-state index is 11.5. The van der Waals surface area contributed by atoms with Gasteiger partial charge in [0.1, 0.15) is 6.04 Å². The third kappa shape index (κ3) is 4.20. The number of hydrogen-bond donors (Lipinski definition) is 1. The summed E-state index contributed by atoms with van der Waals surface area (Å²) in [6, 6.07) is 0.243. The summed E-state index contributed by atoms with van der Waals surface area (Å²) in [7, 11) is 1.45. The molecule has 88 valence electrons. The molecule has 15 heavy (non-hydrogen) atoms. The van der Waals surface area contributed by atoms with Crippen LogP contribution in [0.3, 0.4) is 0 Å². The minimum Gasteiger partial charge on any atom is -0.468 e. The second-order valence-electron chi connectivity index (χ2n) is 4.99. The van der Waals surface area contributed by atoms with Crippen LogP contribution in [0.2, 0.25) is 0 Å². The van der Waals surface area contributed by atoms with Crippen LogP contribution in [0.25, 0.3) is 0 Å². The topological polar surface area (TPSA) is 38.3 Å². The van der Waals surface area contributed by atoms with Crippen molar-refractivity contribution in [3.63, 3.8) is 0 Å². The molecule has 0 heterocycles. The normalized spacial score (nSPS) is 20.1. The standard InChI is InChI=1S/C12H23NO2/c1-8(2)11(12(14)15-4)13-9(3)7-10-5-6-10/h8-11,13H,5-7H2,1-4H3. The smallest absolute Gasteiger partial charge is 0.323 e. The highest BCUT2D eigenvalue weighted by Crippen LogP contribution is 2.33. The number of nitrogens with one attached hydrogen (secondary N) is 1. The summed E-state index contributed by atoms with van der Waals surface area (Å²) >= 11 is 0. The number of esters is 1. The van der Waals surface area contributed by atoms with Crippen molar-refractivity contribution < 1.29 is 9.53 Å². The predicted molar refractivity (Wildman–Crippen MR) is 60.6 cm³/mol. The van der Waals surface area contributed by atoms with E-state index < -0.39 is 0 Å². The monoisotopic (exact) mass is 213 g/mol. The number of hydrogen-bond acceptors (Lipinski definition) is 3. The Morgan fingerprint density at radius 2 is 2.00 bits per heavy atom. The molecule has 1 aliphatic carbocycles. The van der Waals surface area contributed by atoms with Gasteiger partial charge < -0.3 is 10.1 Å². The van der Waals surface area contributed by atoms with Crippen molar-refractivity contribution in [2.24, 2.45) is 11.8 Å². The van der Waals surface area contributed by atoms with Crippen LogP contribution in [0.1, 0.15) is 40.0 Å². The highest BCUT2D eigenvalue weighted by molar-refractivity contribution is 5.75. The highest BCUT2D eigenvalue weighted by Gasteiger charge is 2.28. The van der Waals surface area contributed by atoms with Crippen molar-refractivity contribution in [1.82, 2.24) is 5.32 Å². The van der Waals surface area contributed by atoms with Crippen molar-refractivity contribution in [3.05, 3.63) is 0 Å². The molecule has 0 bridgehead atoms. The molecule has 0 aromatic rings. The lowest BCUT2D eigenvalue weighted by atomic mass is 10.0. The van der Waals surface area contributed by atoms with Crippen LogP contribution in [0.15, 0.2) is 0 Å². The average molecular weight is 213 g/mol. The molecule has 3 heteroatoms. The van der Waals surface area contributed by atoms with Gasteiger partial charge in [0.2, 0.25) is 0 Å². The van der Waals surface area contributed by atoms with Gasteiger partial charge in [-0.25, -0.2) is 0 Å². The van der Waals surface area contributed by atoms with Crippen LogP contribution in [0, 0.1) is 11.8 Å². The molecule has 0 amide bonds. The van der Waals surface area contributed by atoms with Crippen LogP contribution in [-0.4, -0.2) is 25.2 Å². The molecular formula is C12H23NO2. The fraction of sp³-hybridized carbons (Fsp3) is 0.917. The van der Waals surface area contributed by atoms with Crippen LogP contribution < -0.4 is 5.32 Å². The third-order valence-electron chi connectivity index (χ3n) is 2.97. The van der Waals surface area contributed by atoms with Crippen LogP contribution in [0.4, 0.5) is 0 Å². The number of carbonyl (C=O) groups excluding carboxylic acids is 1. The first-order valence-electron chi connectivity index (χ1n) is 5.88. The Hall–Kier alpha value is -0.570. The molecule has 1 rings (SSSR count). The number of ether oxygens (including phenoxy) is 1. The van der Waals surface area contributed by atoms with E-state index in [-0.39, 0.29) is 17.9 Å². The first kappa shape index (κ1) is 12.5. The highest BCUT2D eigenvalue weighted by atomic mass is 16.5. The van der Waals surface area contributed by atoms with E-state index in [1.54, 1.807) is 0 Å². The molecule has 2 atom stereocenters. The summed E-state index contributed by atoms with van der Waals surface area (Å²) in [5.41, 5.74) is 0. The van der Waals surface area contributed by atoms with Crippen molar-refractivity contribution in [2.75, 3.05) is 7.11 Å². The average Bonchev–Trinajstić information content (AvgIpc) is 2.96. The van der Waals surface area contributed by atoms with Crippen molar-refractivity contribution in [3.8, 4) is 0 Å². The van der Waals surface area contributed by atoms with Gasteiger partial charge in [0.15, 0.2) is 0 Å². The lowest BCUT2D eigenvalue weighted by Crippen LogP contribution is -2.46. The summed E-state index contributed by atoms with van der Waals surface area (Å²) < 4.78 is 4.79. The van der Waals surface area contributed by atoms with Gasteiger partial charge in [-0.3, -0.25) is 4.79 Å². The minimum atomic E-state index is -0.163. The van der Waals surface area contributed by atoms with Crippen LogP contribution >= 0.6 is 0 Å². The summed E-state index contributed by atoms with van der Waals surface area (Å²) in [6.07, 6.45) is 3.90. The second-order valence-corrected chi connectivity index (χ2v) is 4.99. The summed E-state index contributed by atoms with van der Waals surface area (Å²) in [6.45, 7) is 6.23. The Morgan fingerprint density at radius 3 is 2.40 bits per heavy atom. The van der Waals surface area contributed by atoms with Gasteiger partial charge in [-0.05, 0) is 25.2 Å². The van der Waals surface area contributed by atoms with Gasteiger partial charge in [0.05, 0.1) is 7.11 Å². The first-order chi connectivity index (χ1) is 7.04. The van der Waals surface area contributed by atoms with Gasteiger partial charge in [-0.15, -0.1) is 0 Å². The first-order valence-corrected chi connectivity index (χ1v) is 5.88. The molecule has 0 aromatic heterocycles. The van der Waals surface area contributed by atoms with Crippen molar-refractivity contribution in [2.45, 2.75) is 52.1 Å². The lowest BCUT2D eigenvalue weighted by Gasteiger charge is -2.24. The Bertz CT molecular complexity index is 212. The van der Waals surface area contributed by atoms with Gasteiger partial charge in [0.25, 0.3) is 0 Å². The fourth-order valence-electron chi connectivity index (χ4n) is 1.89. The summed E-state index contributed by atoms with van der Waals surface area (Å²) in [5, 5.41) is 3.36. The van der Waals surface area contributed by atoms with Crippen LogP contribution in [-0.2, 0) is 9.53 Å².